The van der Waals surface area contributed by atoms with Crippen LogP contribution in [-0.4, -0.2) is 4.99 Å². The lowest BCUT2D eigenvalue weighted by Crippen LogP contribution is -2.08. The van der Waals surface area contributed by atoms with E-state index >= 15 is 0 Å². The normalized spacial score (nSPS) is 9.71. The number of thiophene rings is 1. The van der Waals surface area contributed by atoms with E-state index in [0.717, 1.165) is 15.6 Å². The number of hydrogen-bond donors (Lipinski definition) is 1. The molecule has 1 N–H and O–H groups in total. The highest BCUT2D eigenvalue weighted by Crippen LogP contribution is 2.13. The molecule has 1 aromatic carbocycles. The van der Waals surface area contributed by atoms with Gasteiger partial charge in [0.2, 0.25) is 0 Å². The summed E-state index contributed by atoms with van der Waals surface area (Å²) < 4.78 is 0. The molecule has 0 saturated carbocycles. The van der Waals surface area contributed by atoms with Crippen molar-refractivity contribution in [2.45, 2.75) is 0 Å². The van der Waals surface area contributed by atoms with Crippen LogP contribution in [0.5, 0.6) is 0 Å². The third-order valence-corrected chi connectivity index (χ3v) is 3.12. The molecule has 1 heterocycles. The van der Waals surface area contributed by atoms with Gasteiger partial charge in [0.1, 0.15) is 4.99 Å². The van der Waals surface area contributed by atoms with Crippen LogP contribution in [0.3, 0.4) is 0 Å². The molecular weight excluding hydrogens is 210 g/mol. The molecule has 0 aliphatic heterocycles. The molecule has 2 aromatic rings. The van der Waals surface area contributed by atoms with E-state index < -0.39 is 0 Å². The van der Waals surface area contributed by atoms with Gasteiger partial charge in [0, 0.05) is 5.69 Å². The van der Waals surface area contributed by atoms with Crippen molar-refractivity contribution in [2.24, 2.45) is 0 Å². The molecule has 0 bridgehead atoms. The molecule has 0 aliphatic carbocycles. The Morgan fingerprint density at radius 2 is 1.86 bits per heavy atom. The van der Waals surface area contributed by atoms with Crippen molar-refractivity contribution in [3.8, 4) is 0 Å². The second-order valence-electron chi connectivity index (χ2n) is 2.80. The van der Waals surface area contributed by atoms with E-state index in [1.807, 2.05) is 47.8 Å². The molecular formula is C11H9NS2. The van der Waals surface area contributed by atoms with Crippen LogP contribution in [0, 0.1) is 0 Å². The lowest BCUT2D eigenvalue weighted by molar-refractivity contribution is 1.65. The van der Waals surface area contributed by atoms with Crippen molar-refractivity contribution in [1.82, 2.24) is 0 Å². The van der Waals surface area contributed by atoms with Gasteiger partial charge in [-0.05, 0) is 23.6 Å². The zero-order chi connectivity index (χ0) is 9.80. The quantitative estimate of drug-likeness (QED) is 0.775. The first kappa shape index (κ1) is 9.37. The smallest absolute Gasteiger partial charge is 0.121 e. The lowest BCUT2D eigenvalue weighted by Gasteiger charge is -2.04. The fourth-order valence-corrected chi connectivity index (χ4v) is 2.07. The summed E-state index contributed by atoms with van der Waals surface area (Å²) >= 11 is 6.90. The molecule has 1 nitrogen and oxygen atoms in total. The minimum Gasteiger partial charge on any atom is -0.345 e. The maximum Gasteiger partial charge on any atom is 0.121 e. The fraction of sp³-hybridized carbons (Fsp3) is 0. The number of para-hydroxylation sites is 1. The fourth-order valence-electron chi connectivity index (χ4n) is 1.12. The van der Waals surface area contributed by atoms with E-state index in [2.05, 4.69) is 5.32 Å². The molecule has 0 spiro atoms. The van der Waals surface area contributed by atoms with Gasteiger partial charge >= 0.3 is 0 Å². The number of thiocarbonyl (C=S) groups is 1. The zero-order valence-corrected chi connectivity index (χ0v) is 9.07. The summed E-state index contributed by atoms with van der Waals surface area (Å²) in [5.74, 6) is 0. The van der Waals surface area contributed by atoms with Gasteiger partial charge < -0.3 is 5.32 Å². The summed E-state index contributed by atoms with van der Waals surface area (Å²) in [6.07, 6.45) is 0. The van der Waals surface area contributed by atoms with Gasteiger partial charge in [0.05, 0.1) is 4.88 Å². The van der Waals surface area contributed by atoms with Crippen LogP contribution in [-0.2, 0) is 0 Å². The van der Waals surface area contributed by atoms with E-state index in [0.29, 0.717) is 0 Å². The third-order valence-electron chi connectivity index (χ3n) is 1.78. The Bertz CT molecular complexity index is 406. The molecule has 70 valence electrons. The summed E-state index contributed by atoms with van der Waals surface area (Å²) in [5, 5.41) is 5.21. The number of benzene rings is 1. The Balaban J connectivity index is 2.10. The first-order valence-electron chi connectivity index (χ1n) is 4.26. The van der Waals surface area contributed by atoms with Gasteiger partial charge in [-0.25, -0.2) is 0 Å². The van der Waals surface area contributed by atoms with Gasteiger partial charge in [0.15, 0.2) is 0 Å². The minimum atomic E-state index is 0.784. The average molecular weight is 219 g/mol. The highest BCUT2D eigenvalue weighted by Gasteiger charge is 2.00. The number of hydrogen-bond acceptors (Lipinski definition) is 2. The molecule has 0 aliphatic rings. The van der Waals surface area contributed by atoms with Crippen molar-refractivity contribution < 1.29 is 0 Å². The van der Waals surface area contributed by atoms with Crippen LogP contribution in [0.15, 0.2) is 47.8 Å². The Kier molecular flexibility index (Phi) is 2.91. The largest absolute Gasteiger partial charge is 0.345 e. The monoisotopic (exact) mass is 219 g/mol. The standard InChI is InChI=1S/C11H9NS2/c13-11(10-7-4-8-14-10)12-9-5-2-1-3-6-9/h1-8H,(H,12,13). The van der Waals surface area contributed by atoms with Crippen molar-refractivity contribution >= 4 is 34.2 Å². The molecule has 14 heavy (non-hydrogen) atoms. The molecule has 0 unspecified atom stereocenters. The van der Waals surface area contributed by atoms with Crippen LogP contribution < -0.4 is 5.32 Å². The molecule has 0 amide bonds. The van der Waals surface area contributed by atoms with Crippen LogP contribution >= 0.6 is 23.6 Å². The highest BCUT2D eigenvalue weighted by molar-refractivity contribution is 7.81. The predicted octanol–water partition coefficient (Wildman–Crippen LogP) is 3.54. The van der Waals surface area contributed by atoms with Gasteiger partial charge in [-0.2, -0.15) is 0 Å². The minimum absolute atomic E-state index is 0.784. The molecule has 1 aromatic heterocycles. The third kappa shape index (κ3) is 2.19. The van der Waals surface area contributed by atoms with Gasteiger partial charge in [-0.3, -0.25) is 0 Å². The van der Waals surface area contributed by atoms with Gasteiger partial charge in [-0.1, -0.05) is 36.5 Å². The van der Waals surface area contributed by atoms with Crippen molar-refractivity contribution in [3.63, 3.8) is 0 Å². The van der Waals surface area contributed by atoms with Crippen LogP contribution in [0.25, 0.3) is 0 Å². The predicted molar refractivity (Wildman–Crippen MR) is 66.1 cm³/mol. The molecule has 0 atom stereocenters. The molecule has 0 radical (unpaired) electrons. The number of nitrogens with one attached hydrogen (secondary N) is 1. The Morgan fingerprint density at radius 3 is 2.50 bits per heavy atom. The van der Waals surface area contributed by atoms with Crippen LogP contribution in [0.2, 0.25) is 0 Å². The SMILES string of the molecule is S=C(Nc1ccccc1)c1cccs1. The summed E-state index contributed by atoms with van der Waals surface area (Å²) in [6, 6.07) is 14.0. The maximum absolute atomic E-state index is 5.26. The first-order chi connectivity index (χ1) is 6.86. The van der Waals surface area contributed by atoms with E-state index in [1.54, 1.807) is 11.3 Å². The van der Waals surface area contributed by atoms with Gasteiger partial charge in [-0.15, -0.1) is 11.3 Å². The van der Waals surface area contributed by atoms with Crippen molar-refractivity contribution in [1.29, 1.82) is 0 Å². The average Bonchev–Trinajstić information content (AvgIpc) is 2.72. The maximum atomic E-state index is 5.26. The summed E-state index contributed by atoms with van der Waals surface area (Å²) in [5.41, 5.74) is 1.03. The van der Waals surface area contributed by atoms with Crippen LogP contribution in [0.4, 0.5) is 5.69 Å². The van der Waals surface area contributed by atoms with E-state index in [9.17, 15) is 0 Å². The second-order valence-corrected chi connectivity index (χ2v) is 4.15. The number of anilines is 1. The molecule has 2 rings (SSSR count). The number of rotatable bonds is 2. The first-order valence-corrected chi connectivity index (χ1v) is 5.55. The van der Waals surface area contributed by atoms with Gasteiger partial charge in [0.25, 0.3) is 0 Å². The second kappa shape index (κ2) is 4.35. The molecule has 0 saturated heterocycles. The van der Waals surface area contributed by atoms with E-state index in [4.69, 9.17) is 12.2 Å². The summed E-state index contributed by atoms with van der Waals surface area (Å²) in [6.45, 7) is 0. The Morgan fingerprint density at radius 1 is 1.07 bits per heavy atom. The molecule has 0 fully saturated rings. The lowest BCUT2D eigenvalue weighted by atomic mass is 10.3. The van der Waals surface area contributed by atoms with E-state index in [1.165, 1.54) is 0 Å². The molecule has 3 heteroatoms. The Labute approximate surface area is 92.4 Å². The van der Waals surface area contributed by atoms with Crippen LogP contribution in [0.1, 0.15) is 4.88 Å². The summed E-state index contributed by atoms with van der Waals surface area (Å²) in [7, 11) is 0. The summed E-state index contributed by atoms with van der Waals surface area (Å²) in [4.78, 5) is 1.88. The topological polar surface area (TPSA) is 12.0 Å². The zero-order valence-electron chi connectivity index (χ0n) is 7.44. The highest BCUT2D eigenvalue weighted by atomic mass is 32.1. The van der Waals surface area contributed by atoms with E-state index in [-0.39, 0.29) is 0 Å². The Hall–Kier alpha value is -1.19. The van der Waals surface area contributed by atoms with Crippen molar-refractivity contribution in [3.05, 3.63) is 52.7 Å². The van der Waals surface area contributed by atoms with Crippen molar-refractivity contribution in [2.75, 3.05) is 5.32 Å².